The topological polar surface area (TPSA) is 60.8 Å². The van der Waals surface area contributed by atoms with Crippen molar-refractivity contribution < 1.29 is 14.3 Å². The van der Waals surface area contributed by atoms with Gasteiger partial charge in [0.2, 0.25) is 5.91 Å². The molecule has 2 aromatic carbocycles. The number of thiazole rings is 1. The zero-order chi connectivity index (χ0) is 19.8. The number of benzene rings is 2. The molecular weight excluding hydrogens is 376 g/mol. The molecule has 28 heavy (non-hydrogen) atoms. The number of hydrogen-bond acceptors (Lipinski definition) is 5. The van der Waals surface area contributed by atoms with E-state index in [4.69, 9.17) is 9.47 Å². The van der Waals surface area contributed by atoms with Crippen LogP contribution in [-0.4, -0.2) is 24.7 Å². The van der Waals surface area contributed by atoms with Gasteiger partial charge in [-0.3, -0.25) is 19.1 Å². The van der Waals surface area contributed by atoms with Crippen molar-refractivity contribution in [2.24, 2.45) is 7.05 Å². The lowest BCUT2D eigenvalue weighted by atomic mass is 9.89. The Hall–Kier alpha value is -3.06. The fourth-order valence-corrected chi connectivity index (χ4v) is 4.71. The van der Waals surface area contributed by atoms with Crippen LogP contribution in [0.1, 0.15) is 22.8 Å². The second kappa shape index (κ2) is 7.16. The maximum absolute atomic E-state index is 13.2. The number of amides is 1. The number of ether oxygens (including phenoxy) is 2. The standard InChI is InChI=1S/C21H20N2O4S/c1-22-20-19(28-21(22)25)16(15-11-14(26-2)9-10-17(15)27-3)12-18(24)23(20)13-7-5-4-6-8-13/h4-11,16H,12H2,1-3H3/t16-/m1/s1. The number of carbonyl (C=O) groups is 1. The van der Waals surface area contributed by atoms with Crippen LogP contribution >= 0.6 is 11.3 Å². The molecule has 0 bridgehead atoms. The van der Waals surface area contributed by atoms with Crippen molar-refractivity contribution in [3.8, 4) is 11.5 Å². The average Bonchev–Trinajstić information content (AvgIpc) is 3.02. The van der Waals surface area contributed by atoms with Gasteiger partial charge in [0.1, 0.15) is 17.3 Å². The summed E-state index contributed by atoms with van der Waals surface area (Å²) in [6.45, 7) is 0. The van der Waals surface area contributed by atoms with E-state index in [2.05, 4.69) is 0 Å². The van der Waals surface area contributed by atoms with Crippen LogP contribution in [0, 0.1) is 0 Å². The highest BCUT2D eigenvalue weighted by Crippen LogP contribution is 2.47. The molecule has 0 N–H and O–H groups in total. The quantitative estimate of drug-likeness (QED) is 0.675. The SMILES string of the molecule is COc1ccc(OC)c([C@H]2CC(=O)N(c3ccccc3)c3c2sc(=O)n3C)c1. The van der Waals surface area contributed by atoms with Gasteiger partial charge in [0.25, 0.3) is 0 Å². The minimum Gasteiger partial charge on any atom is -0.497 e. The zero-order valence-corrected chi connectivity index (χ0v) is 16.7. The largest absolute Gasteiger partial charge is 0.497 e. The molecule has 144 valence electrons. The first-order valence-electron chi connectivity index (χ1n) is 8.84. The number of methoxy groups -OCH3 is 2. The predicted octanol–water partition coefficient (Wildman–Crippen LogP) is 3.66. The lowest BCUT2D eigenvalue weighted by Crippen LogP contribution is -2.34. The molecule has 1 aliphatic rings. The van der Waals surface area contributed by atoms with E-state index >= 15 is 0 Å². The first-order chi connectivity index (χ1) is 13.5. The normalized spacial score (nSPS) is 16.0. The van der Waals surface area contributed by atoms with Gasteiger partial charge in [-0.1, -0.05) is 29.5 Å². The van der Waals surface area contributed by atoms with Crippen LogP contribution < -0.4 is 19.2 Å². The van der Waals surface area contributed by atoms with Crippen molar-refractivity contribution in [3.05, 3.63) is 68.6 Å². The van der Waals surface area contributed by atoms with E-state index in [0.29, 0.717) is 17.3 Å². The van der Waals surface area contributed by atoms with Crippen LogP contribution in [0.4, 0.5) is 11.5 Å². The second-order valence-corrected chi connectivity index (χ2v) is 7.54. The Kier molecular flexibility index (Phi) is 4.68. The van der Waals surface area contributed by atoms with E-state index in [1.54, 1.807) is 30.7 Å². The van der Waals surface area contributed by atoms with Crippen LogP contribution in [-0.2, 0) is 11.8 Å². The van der Waals surface area contributed by atoms with Gasteiger partial charge in [0.15, 0.2) is 0 Å². The third-order valence-electron chi connectivity index (χ3n) is 4.99. The molecule has 0 aliphatic carbocycles. The van der Waals surface area contributed by atoms with Crippen molar-refractivity contribution in [1.29, 1.82) is 0 Å². The molecule has 1 amide bonds. The second-order valence-electron chi connectivity index (χ2n) is 6.54. The maximum atomic E-state index is 13.2. The fourth-order valence-electron chi connectivity index (χ4n) is 3.63. The van der Waals surface area contributed by atoms with Gasteiger partial charge in [0.05, 0.1) is 24.8 Å². The van der Waals surface area contributed by atoms with Gasteiger partial charge in [-0.2, -0.15) is 0 Å². The molecule has 0 fully saturated rings. The smallest absolute Gasteiger partial charge is 0.308 e. The Labute approximate surface area is 166 Å². The number of nitrogens with zero attached hydrogens (tertiary/aromatic N) is 2. The maximum Gasteiger partial charge on any atom is 0.308 e. The molecule has 0 saturated carbocycles. The minimum absolute atomic E-state index is 0.0676. The summed E-state index contributed by atoms with van der Waals surface area (Å²) in [7, 11) is 4.90. The molecule has 0 radical (unpaired) electrons. The van der Waals surface area contributed by atoms with E-state index in [-0.39, 0.29) is 23.1 Å². The molecule has 1 aliphatic heterocycles. The minimum atomic E-state index is -0.272. The molecule has 1 aromatic heterocycles. The Bertz CT molecular complexity index is 1090. The first-order valence-corrected chi connectivity index (χ1v) is 9.66. The van der Waals surface area contributed by atoms with Crippen LogP contribution in [0.25, 0.3) is 0 Å². The summed E-state index contributed by atoms with van der Waals surface area (Å²) in [6, 6.07) is 14.9. The van der Waals surface area contributed by atoms with E-state index in [9.17, 15) is 9.59 Å². The Balaban J connectivity index is 1.92. The van der Waals surface area contributed by atoms with Gasteiger partial charge in [-0.25, -0.2) is 0 Å². The summed E-state index contributed by atoms with van der Waals surface area (Å²) >= 11 is 1.17. The van der Waals surface area contributed by atoms with Gasteiger partial charge >= 0.3 is 4.87 Å². The summed E-state index contributed by atoms with van der Waals surface area (Å²) in [6.07, 6.45) is 0.241. The van der Waals surface area contributed by atoms with Crippen molar-refractivity contribution in [3.63, 3.8) is 0 Å². The highest BCUT2D eigenvalue weighted by Gasteiger charge is 2.38. The number of rotatable bonds is 4. The van der Waals surface area contributed by atoms with Crippen molar-refractivity contribution in [1.82, 2.24) is 4.57 Å². The van der Waals surface area contributed by atoms with Crippen molar-refractivity contribution in [2.45, 2.75) is 12.3 Å². The van der Waals surface area contributed by atoms with Gasteiger partial charge in [0, 0.05) is 24.9 Å². The fraction of sp³-hybridized carbons (Fsp3) is 0.238. The number of fused-ring (bicyclic) bond motifs is 1. The summed E-state index contributed by atoms with van der Waals surface area (Å²) < 4.78 is 12.4. The molecule has 0 unspecified atom stereocenters. The molecule has 1 atom stereocenters. The highest BCUT2D eigenvalue weighted by atomic mass is 32.1. The van der Waals surface area contributed by atoms with E-state index in [1.807, 2.05) is 48.5 Å². The predicted molar refractivity (Wildman–Crippen MR) is 109 cm³/mol. The summed E-state index contributed by atoms with van der Waals surface area (Å²) in [4.78, 5) is 28.1. The third kappa shape index (κ3) is 2.88. The van der Waals surface area contributed by atoms with Crippen LogP contribution in [0.5, 0.6) is 11.5 Å². The third-order valence-corrected chi connectivity index (χ3v) is 6.13. The van der Waals surface area contributed by atoms with Crippen LogP contribution in [0.15, 0.2) is 53.3 Å². The molecule has 7 heteroatoms. The number of carbonyl (C=O) groups excluding carboxylic acids is 1. The molecule has 3 aromatic rings. The molecular formula is C21H20N2O4S. The van der Waals surface area contributed by atoms with Crippen LogP contribution in [0.2, 0.25) is 0 Å². The zero-order valence-electron chi connectivity index (χ0n) is 15.8. The number of para-hydroxylation sites is 1. The molecule has 6 nitrogen and oxygen atoms in total. The molecule has 0 saturated heterocycles. The number of aromatic nitrogens is 1. The number of anilines is 2. The summed E-state index contributed by atoms with van der Waals surface area (Å²) in [5.74, 6) is 1.63. The molecule has 4 rings (SSSR count). The van der Waals surface area contributed by atoms with E-state index < -0.39 is 0 Å². The average molecular weight is 396 g/mol. The summed E-state index contributed by atoms with van der Waals surface area (Å²) in [5, 5.41) is 0. The Morgan fingerprint density at radius 1 is 1.04 bits per heavy atom. The Morgan fingerprint density at radius 2 is 1.79 bits per heavy atom. The highest BCUT2D eigenvalue weighted by molar-refractivity contribution is 7.10. The Morgan fingerprint density at radius 3 is 2.46 bits per heavy atom. The van der Waals surface area contributed by atoms with E-state index in [1.165, 1.54) is 11.3 Å². The van der Waals surface area contributed by atoms with Crippen molar-refractivity contribution in [2.75, 3.05) is 19.1 Å². The van der Waals surface area contributed by atoms with Crippen molar-refractivity contribution >= 4 is 28.7 Å². The lowest BCUT2D eigenvalue weighted by Gasteiger charge is -2.32. The monoisotopic (exact) mass is 396 g/mol. The van der Waals surface area contributed by atoms with Crippen LogP contribution in [0.3, 0.4) is 0 Å². The van der Waals surface area contributed by atoms with Gasteiger partial charge < -0.3 is 9.47 Å². The van der Waals surface area contributed by atoms with Gasteiger partial charge in [-0.05, 0) is 30.3 Å². The molecule has 0 spiro atoms. The first kappa shape index (κ1) is 18.3. The lowest BCUT2D eigenvalue weighted by molar-refractivity contribution is -0.118. The van der Waals surface area contributed by atoms with Gasteiger partial charge in [-0.15, -0.1) is 0 Å². The molecule has 2 heterocycles. The summed E-state index contributed by atoms with van der Waals surface area (Å²) in [5.41, 5.74) is 1.59. The number of hydrogen-bond donors (Lipinski definition) is 0. The van der Waals surface area contributed by atoms with E-state index in [0.717, 1.165) is 16.1 Å².